The highest BCUT2D eigenvalue weighted by Gasteiger charge is 2.04. The second kappa shape index (κ2) is 9.25. The minimum Gasteiger partial charge on any atom is -0.484 e. The zero-order valence-electron chi connectivity index (χ0n) is 12.8. The van der Waals surface area contributed by atoms with Gasteiger partial charge in [-0.05, 0) is 17.7 Å². The summed E-state index contributed by atoms with van der Waals surface area (Å²) in [5, 5.41) is 5.46. The number of amides is 2. The fourth-order valence-electron chi connectivity index (χ4n) is 1.96. The van der Waals surface area contributed by atoms with Gasteiger partial charge in [0.05, 0.1) is 6.42 Å². The first-order valence-corrected chi connectivity index (χ1v) is 7.49. The van der Waals surface area contributed by atoms with E-state index in [1.54, 1.807) is 12.1 Å². The third-order valence-corrected chi connectivity index (χ3v) is 3.09. The quantitative estimate of drug-likeness (QED) is 0.727. The molecule has 0 aromatic heterocycles. The molecule has 0 fully saturated rings. The average Bonchev–Trinajstić information content (AvgIpc) is 2.59. The third kappa shape index (κ3) is 6.65. The van der Waals surface area contributed by atoms with Crippen LogP contribution in [0.5, 0.6) is 5.75 Å². The Balaban J connectivity index is 1.56. The lowest BCUT2D eigenvalue weighted by Crippen LogP contribution is -2.37. The molecule has 2 aromatic carbocycles. The normalized spacial score (nSPS) is 9.91. The molecule has 2 N–H and O–H groups in total. The molecule has 0 spiro atoms. The Morgan fingerprint density at radius 1 is 0.783 bits per heavy atom. The fourth-order valence-corrected chi connectivity index (χ4v) is 1.96. The molecule has 5 heteroatoms. The van der Waals surface area contributed by atoms with Gasteiger partial charge in [0.25, 0.3) is 5.91 Å². The molecule has 0 saturated carbocycles. The second-order valence-corrected chi connectivity index (χ2v) is 4.96. The lowest BCUT2D eigenvalue weighted by molar-refractivity contribution is -0.124. The van der Waals surface area contributed by atoms with Gasteiger partial charge in [-0.3, -0.25) is 9.59 Å². The maximum absolute atomic E-state index is 11.7. The molecule has 0 aliphatic carbocycles. The highest BCUT2D eigenvalue weighted by atomic mass is 16.5. The molecule has 0 saturated heterocycles. The lowest BCUT2D eigenvalue weighted by Gasteiger charge is -2.08. The fraction of sp³-hybridized carbons (Fsp3) is 0.222. The van der Waals surface area contributed by atoms with E-state index in [1.807, 2.05) is 48.5 Å². The van der Waals surface area contributed by atoms with E-state index in [0.29, 0.717) is 25.3 Å². The highest BCUT2D eigenvalue weighted by molar-refractivity contribution is 5.79. The minimum atomic E-state index is -0.217. The van der Waals surface area contributed by atoms with Crippen LogP contribution in [0.3, 0.4) is 0 Å². The van der Waals surface area contributed by atoms with Gasteiger partial charge in [-0.25, -0.2) is 0 Å². The summed E-state index contributed by atoms with van der Waals surface area (Å²) in [6.45, 7) is 0.724. The van der Waals surface area contributed by atoms with Gasteiger partial charge in [0.2, 0.25) is 5.91 Å². The van der Waals surface area contributed by atoms with Crippen LogP contribution in [0.4, 0.5) is 0 Å². The molecule has 0 radical (unpaired) electrons. The van der Waals surface area contributed by atoms with E-state index in [4.69, 9.17) is 4.74 Å². The first-order chi connectivity index (χ1) is 11.2. The van der Waals surface area contributed by atoms with Crippen molar-refractivity contribution in [3.05, 3.63) is 66.2 Å². The van der Waals surface area contributed by atoms with Gasteiger partial charge in [0.15, 0.2) is 6.61 Å². The largest absolute Gasteiger partial charge is 0.484 e. The first-order valence-electron chi connectivity index (χ1n) is 7.49. The molecule has 5 nitrogen and oxygen atoms in total. The average molecular weight is 312 g/mol. The van der Waals surface area contributed by atoms with Gasteiger partial charge < -0.3 is 15.4 Å². The summed E-state index contributed by atoms with van der Waals surface area (Å²) in [5.41, 5.74) is 0.963. The van der Waals surface area contributed by atoms with Crippen LogP contribution in [-0.2, 0) is 16.0 Å². The first kappa shape index (κ1) is 16.5. The smallest absolute Gasteiger partial charge is 0.258 e. The van der Waals surface area contributed by atoms with Crippen molar-refractivity contribution in [2.24, 2.45) is 0 Å². The Kier molecular flexibility index (Phi) is 6.65. The van der Waals surface area contributed by atoms with Crippen molar-refractivity contribution < 1.29 is 14.3 Å². The zero-order valence-corrected chi connectivity index (χ0v) is 12.8. The Morgan fingerprint density at radius 3 is 2.00 bits per heavy atom. The number of rotatable bonds is 8. The summed E-state index contributed by atoms with van der Waals surface area (Å²) in [7, 11) is 0. The molecule has 23 heavy (non-hydrogen) atoms. The highest BCUT2D eigenvalue weighted by Crippen LogP contribution is 2.07. The summed E-state index contributed by atoms with van der Waals surface area (Å²) in [4.78, 5) is 23.3. The Hall–Kier alpha value is -2.82. The summed E-state index contributed by atoms with van der Waals surface area (Å²) in [6, 6.07) is 18.7. The summed E-state index contributed by atoms with van der Waals surface area (Å²) in [6.07, 6.45) is 0.339. The van der Waals surface area contributed by atoms with E-state index in [2.05, 4.69) is 10.6 Å². The molecular weight excluding hydrogens is 292 g/mol. The van der Waals surface area contributed by atoms with Crippen LogP contribution < -0.4 is 15.4 Å². The maximum Gasteiger partial charge on any atom is 0.258 e. The van der Waals surface area contributed by atoms with Crippen molar-refractivity contribution >= 4 is 11.8 Å². The minimum absolute atomic E-state index is 0.0397. The molecule has 2 amide bonds. The van der Waals surface area contributed by atoms with Gasteiger partial charge >= 0.3 is 0 Å². The van der Waals surface area contributed by atoms with Crippen LogP contribution in [0.2, 0.25) is 0 Å². The van der Waals surface area contributed by atoms with Gasteiger partial charge in [-0.15, -0.1) is 0 Å². The van der Waals surface area contributed by atoms with Crippen LogP contribution in [0.15, 0.2) is 60.7 Å². The predicted octanol–water partition coefficient (Wildman–Crippen LogP) is 1.54. The van der Waals surface area contributed by atoms with Gasteiger partial charge in [-0.1, -0.05) is 48.5 Å². The number of carbonyl (C=O) groups excluding carboxylic acids is 2. The molecule has 2 aromatic rings. The number of hydrogen-bond acceptors (Lipinski definition) is 3. The van der Waals surface area contributed by atoms with Crippen LogP contribution in [-0.4, -0.2) is 31.5 Å². The SMILES string of the molecule is O=C(COc1ccccc1)NCCNC(=O)Cc1ccccc1. The molecule has 0 heterocycles. The molecule has 120 valence electrons. The second-order valence-electron chi connectivity index (χ2n) is 4.96. The van der Waals surface area contributed by atoms with Crippen LogP contribution in [0.1, 0.15) is 5.56 Å². The number of carbonyl (C=O) groups is 2. The van der Waals surface area contributed by atoms with E-state index >= 15 is 0 Å². The Morgan fingerprint density at radius 2 is 1.35 bits per heavy atom. The summed E-state index contributed by atoms with van der Waals surface area (Å²) in [5.74, 6) is 0.371. The van der Waals surface area contributed by atoms with Gasteiger partial charge in [0, 0.05) is 13.1 Å². The van der Waals surface area contributed by atoms with Crippen molar-refractivity contribution in [3.8, 4) is 5.75 Å². The molecule has 0 aliphatic rings. The number of ether oxygens (including phenoxy) is 1. The number of para-hydroxylation sites is 1. The van der Waals surface area contributed by atoms with E-state index < -0.39 is 0 Å². The van der Waals surface area contributed by atoms with Crippen molar-refractivity contribution in [2.75, 3.05) is 19.7 Å². The van der Waals surface area contributed by atoms with Gasteiger partial charge in [-0.2, -0.15) is 0 Å². The Labute approximate surface area is 135 Å². The van der Waals surface area contributed by atoms with Crippen LogP contribution >= 0.6 is 0 Å². The van der Waals surface area contributed by atoms with E-state index in [9.17, 15) is 9.59 Å². The van der Waals surface area contributed by atoms with Gasteiger partial charge in [0.1, 0.15) is 5.75 Å². The van der Waals surface area contributed by atoms with Crippen molar-refractivity contribution in [2.45, 2.75) is 6.42 Å². The maximum atomic E-state index is 11.7. The third-order valence-electron chi connectivity index (χ3n) is 3.09. The number of benzene rings is 2. The predicted molar refractivity (Wildman–Crippen MR) is 88.1 cm³/mol. The molecular formula is C18H20N2O3. The molecule has 2 rings (SSSR count). The van der Waals surface area contributed by atoms with Crippen LogP contribution in [0, 0.1) is 0 Å². The summed E-state index contributed by atoms with van der Waals surface area (Å²) >= 11 is 0. The number of nitrogens with one attached hydrogen (secondary N) is 2. The molecule has 0 bridgehead atoms. The zero-order chi connectivity index (χ0) is 16.3. The lowest BCUT2D eigenvalue weighted by atomic mass is 10.1. The van der Waals surface area contributed by atoms with E-state index in [-0.39, 0.29) is 18.4 Å². The summed E-state index contributed by atoms with van der Waals surface area (Å²) < 4.78 is 5.33. The Bertz CT molecular complexity index is 615. The van der Waals surface area contributed by atoms with Crippen molar-refractivity contribution in [1.82, 2.24) is 10.6 Å². The van der Waals surface area contributed by atoms with E-state index in [0.717, 1.165) is 5.56 Å². The monoisotopic (exact) mass is 312 g/mol. The standard InChI is InChI=1S/C18H20N2O3/c21-17(13-15-7-3-1-4-8-15)19-11-12-20-18(22)14-23-16-9-5-2-6-10-16/h1-10H,11-14H2,(H,19,21)(H,20,22). The molecule has 0 unspecified atom stereocenters. The molecule has 0 aliphatic heterocycles. The number of hydrogen-bond donors (Lipinski definition) is 2. The van der Waals surface area contributed by atoms with Crippen molar-refractivity contribution in [1.29, 1.82) is 0 Å². The van der Waals surface area contributed by atoms with E-state index in [1.165, 1.54) is 0 Å². The topological polar surface area (TPSA) is 67.4 Å². The van der Waals surface area contributed by atoms with Crippen molar-refractivity contribution in [3.63, 3.8) is 0 Å². The molecule has 0 atom stereocenters. The van der Waals surface area contributed by atoms with Crippen LogP contribution in [0.25, 0.3) is 0 Å².